The van der Waals surface area contributed by atoms with Crippen molar-refractivity contribution in [3.63, 3.8) is 0 Å². The summed E-state index contributed by atoms with van der Waals surface area (Å²) >= 11 is 6.04. The number of nitrogens with one attached hydrogen (secondary N) is 3. The molecule has 0 spiro atoms. The van der Waals surface area contributed by atoms with Crippen molar-refractivity contribution in [3.05, 3.63) is 101 Å². The largest absolute Gasteiger partial charge is 0.384 e. The zero-order chi connectivity index (χ0) is 27.0. The minimum atomic E-state index is -3.65. The Bertz CT molecular complexity index is 1480. The number of sulfonamides is 1. The molecule has 3 aromatic carbocycles. The monoisotopic (exact) mass is 550 g/mol. The highest BCUT2D eigenvalue weighted by Crippen LogP contribution is 2.24. The van der Waals surface area contributed by atoms with Crippen LogP contribution in [0, 0.1) is 0 Å². The van der Waals surface area contributed by atoms with Crippen molar-refractivity contribution >= 4 is 44.1 Å². The fraction of sp³-hybridized carbons (Fsp3) is 0.241. The molecule has 3 N–H and O–H groups in total. The van der Waals surface area contributed by atoms with E-state index in [-0.39, 0.29) is 16.8 Å². The van der Waals surface area contributed by atoms with E-state index in [1.165, 1.54) is 0 Å². The fourth-order valence-corrected chi connectivity index (χ4v) is 5.51. The summed E-state index contributed by atoms with van der Waals surface area (Å²) in [5.74, 6) is -0.0379. The molecule has 0 aliphatic heterocycles. The van der Waals surface area contributed by atoms with Gasteiger partial charge in [0.25, 0.3) is 0 Å². The Hall–Kier alpha value is -3.46. The van der Waals surface area contributed by atoms with E-state index in [0.717, 1.165) is 34.1 Å². The second-order valence-electron chi connectivity index (χ2n) is 9.05. The molecule has 0 radical (unpaired) electrons. The normalized spacial score (nSPS) is 12.3. The first-order valence-corrected chi connectivity index (χ1v) is 14.4. The number of anilines is 1. The summed E-state index contributed by atoms with van der Waals surface area (Å²) in [6.07, 6.45) is 3.37. The van der Waals surface area contributed by atoms with Gasteiger partial charge in [0.05, 0.1) is 10.4 Å². The predicted octanol–water partition coefficient (Wildman–Crippen LogP) is 5.48. The molecule has 0 aliphatic rings. The Kier molecular flexibility index (Phi) is 9.33. The third kappa shape index (κ3) is 7.54. The van der Waals surface area contributed by atoms with E-state index in [9.17, 15) is 13.2 Å². The van der Waals surface area contributed by atoms with Crippen molar-refractivity contribution in [3.8, 4) is 0 Å². The van der Waals surface area contributed by atoms with Crippen LogP contribution < -0.4 is 15.4 Å². The van der Waals surface area contributed by atoms with Gasteiger partial charge in [-0.05, 0) is 67.3 Å². The van der Waals surface area contributed by atoms with E-state index >= 15 is 0 Å². The standard InChI is InChI=1S/C29H31ClN4O3S/c1-21(23-6-3-2-4-7-23)34-38(36,37)25-12-8-22(9-13-25)10-15-29(35)33-18-5-17-31-27-16-19-32-28-20-24(30)11-14-26(27)28/h2-4,6-9,11-14,16,19-21,34H,5,10,15,17-18H2,1H3,(H,31,32)(H,33,35)/t21-/m0/s1. The quantitative estimate of drug-likeness (QED) is 0.203. The lowest BCUT2D eigenvalue weighted by Crippen LogP contribution is -2.27. The summed E-state index contributed by atoms with van der Waals surface area (Å²) < 4.78 is 28.2. The van der Waals surface area contributed by atoms with Crippen LogP contribution in [0.3, 0.4) is 0 Å². The van der Waals surface area contributed by atoms with E-state index in [1.54, 1.807) is 30.5 Å². The Morgan fingerprint density at radius 2 is 1.74 bits per heavy atom. The van der Waals surface area contributed by atoms with Crippen molar-refractivity contribution in [1.29, 1.82) is 0 Å². The molecule has 7 nitrogen and oxygen atoms in total. The summed E-state index contributed by atoms with van der Waals surface area (Å²) in [6.45, 7) is 3.07. The summed E-state index contributed by atoms with van der Waals surface area (Å²) in [4.78, 5) is 16.8. The van der Waals surface area contributed by atoms with Gasteiger partial charge in [-0.15, -0.1) is 0 Å². The maximum Gasteiger partial charge on any atom is 0.241 e. The minimum Gasteiger partial charge on any atom is -0.384 e. The van der Waals surface area contributed by atoms with Crippen molar-refractivity contribution in [1.82, 2.24) is 15.0 Å². The average Bonchev–Trinajstić information content (AvgIpc) is 2.92. The molecule has 4 rings (SSSR count). The van der Waals surface area contributed by atoms with Crippen molar-refractivity contribution in [2.24, 2.45) is 0 Å². The van der Waals surface area contributed by atoms with Gasteiger partial charge in [0.1, 0.15) is 0 Å². The van der Waals surface area contributed by atoms with E-state index in [4.69, 9.17) is 11.6 Å². The van der Waals surface area contributed by atoms with E-state index in [1.807, 2.05) is 61.5 Å². The predicted molar refractivity (Wildman–Crippen MR) is 153 cm³/mol. The number of aromatic nitrogens is 1. The lowest BCUT2D eigenvalue weighted by Gasteiger charge is -2.15. The number of amides is 1. The molecular weight excluding hydrogens is 520 g/mol. The molecule has 0 saturated heterocycles. The summed E-state index contributed by atoms with van der Waals surface area (Å²) in [5.41, 5.74) is 3.61. The Morgan fingerprint density at radius 3 is 2.50 bits per heavy atom. The van der Waals surface area contributed by atoms with Gasteiger partial charge in [-0.3, -0.25) is 9.78 Å². The molecule has 4 aromatic rings. The van der Waals surface area contributed by atoms with Crippen molar-refractivity contribution in [2.45, 2.75) is 37.1 Å². The first-order valence-electron chi connectivity index (χ1n) is 12.5. The van der Waals surface area contributed by atoms with E-state index < -0.39 is 10.0 Å². The van der Waals surface area contributed by atoms with Crippen LogP contribution in [0.5, 0.6) is 0 Å². The number of benzene rings is 3. The van der Waals surface area contributed by atoms with E-state index in [0.29, 0.717) is 31.0 Å². The SMILES string of the molecule is C[C@H](NS(=O)(=O)c1ccc(CCC(=O)NCCCNc2ccnc3cc(Cl)ccc23)cc1)c1ccccc1. The third-order valence-corrected chi connectivity index (χ3v) is 7.99. The van der Waals surface area contributed by atoms with E-state index in [2.05, 4.69) is 20.3 Å². The van der Waals surface area contributed by atoms with Gasteiger partial charge in [-0.1, -0.05) is 54.1 Å². The summed E-state index contributed by atoms with van der Waals surface area (Å²) in [6, 6.07) is 23.3. The number of hydrogen-bond donors (Lipinski definition) is 3. The molecule has 0 saturated carbocycles. The van der Waals surface area contributed by atoms with Gasteiger partial charge in [0, 0.05) is 47.8 Å². The maximum absolute atomic E-state index is 12.7. The van der Waals surface area contributed by atoms with Gasteiger partial charge in [0.15, 0.2) is 0 Å². The van der Waals surface area contributed by atoms with Gasteiger partial charge >= 0.3 is 0 Å². The zero-order valence-corrected chi connectivity index (χ0v) is 22.7. The molecule has 1 heterocycles. The zero-order valence-electron chi connectivity index (χ0n) is 21.2. The van der Waals surface area contributed by atoms with Crippen LogP contribution >= 0.6 is 11.6 Å². The number of hydrogen-bond acceptors (Lipinski definition) is 5. The topological polar surface area (TPSA) is 100 Å². The number of fused-ring (bicyclic) bond motifs is 1. The highest BCUT2D eigenvalue weighted by molar-refractivity contribution is 7.89. The van der Waals surface area contributed by atoms with Gasteiger partial charge in [0.2, 0.25) is 15.9 Å². The highest BCUT2D eigenvalue weighted by Gasteiger charge is 2.18. The number of aryl methyl sites for hydroxylation is 1. The van der Waals surface area contributed by atoms with Crippen LogP contribution in [-0.4, -0.2) is 32.4 Å². The Balaban J connectivity index is 1.18. The molecule has 0 bridgehead atoms. The molecule has 198 valence electrons. The van der Waals surface area contributed by atoms with Gasteiger partial charge in [-0.25, -0.2) is 13.1 Å². The molecule has 38 heavy (non-hydrogen) atoms. The molecule has 1 atom stereocenters. The first kappa shape index (κ1) is 27.6. The Morgan fingerprint density at radius 1 is 0.974 bits per heavy atom. The number of carbonyl (C=O) groups excluding carboxylic acids is 1. The van der Waals surface area contributed by atoms with Crippen LogP contribution in [0.2, 0.25) is 5.02 Å². The average molecular weight is 551 g/mol. The number of rotatable bonds is 12. The molecule has 0 unspecified atom stereocenters. The van der Waals surface area contributed by atoms with Gasteiger partial charge in [-0.2, -0.15) is 0 Å². The smallest absolute Gasteiger partial charge is 0.241 e. The summed E-state index contributed by atoms with van der Waals surface area (Å²) in [5, 5.41) is 7.98. The van der Waals surface area contributed by atoms with Crippen molar-refractivity contribution < 1.29 is 13.2 Å². The first-order chi connectivity index (χ1) is 18.3. The number of halogens is 1. The molecular formula is C29H31ClN4O3S. The molecule has 1 amide bonds. The van der Waals surface area contributed by atoms with Crippen LogP contribution in [0.15, 0.2) is 90.0 Å². The van der Waals surface area contributed by atoms with Crippen LogP contribution in [0.4, 0.5) is 5.69 Å². The minimum absolute atomic E-state index is 0.0379. The second kappa shape index (κ2) is 12.9. The highest BCUT2D eigenvalue weighted by atomic mass is 35.5. The lowest BCUT2D eigenvalue weighted by molar-refractivity contribution is -0.121. The molecule has 9 heteroatoms. The number of nitrogens with zero attached hydrogens (tertiary/aromatic N) is 1. The maximum atomic E-state index is 12.7. The number of carbonyl (C=O) groups is 1. The third-order valence-electron chi connectivity index (χ3n) is 6.20. The molecule has 0 aliphatic carbocycles. The van der Waals surface area contributed by atoms with Gasteiger partial charge < -0.3 is 10.6 Å². The molecule has 1 aromatic heterocycles. The van der Waals surface area contributed by atoms with Crippen LogP contribution in [0.1, 0.15) is 36.9 Å². The second-order valence-corrected chi connectivity index (χ2v) is 11.2. The summed E-state index contributed by atoms with van der Waals surface area (Å²) in [7, 11) is -3.65. The molecule has 0 fully saturated rings. The van der Waals surface area contributed by atoms with Crippen LogP contribution in [0.25, 0.3) is 10.9 Å². The van der Waals surface area contributed by atoms with Crippen molar-refractivity contribution in [2.75, 3.05) is 18.4 Å². The Labute approximate surface area is 228 Å². The number of pyridine rings is 1. The van der Waals surface area contributed by atoms with Crippen LogP contribution in [-0.2, 0) is 21.2 Å². The fourth-order valence-electron chi connectivity index (χ4n) is 4.11. The lowest BCUT2D eigenvalue weighted by atomic mass is 10.1.